The molecule has 1 aromatic heterocycles. The summed E-state index contributed by atoms with van der Waals surface area (Å²) in [5.41, 5.74) is 2.09. The van der Waals surface area contributed by atoms with E-state index in [2.05, 4.69) is 66.9 Å². The van der Waals surface area contributed by atoms with Crippen molar-refractivity contribution in [3.63, 3.8) is 0 Å². The van der Waals surface area contributed by atoms with Gasteiger partial charge in [0.25, 0.3) is 0 Å². The van der Waals surface area contributed by atoms with Crippen molar-refractivity contribution in [3.05, 3.63) is 64.4 Å². The van der Waals surface area contributed by atoms with Crippen molar-refractivity contribution in [1.82, 2.24) is 4.98 Å². The predicted octanol–water partition coefficient (Wildman–Crippen LogP) is 5.96. The Morgan fingerprint density at radius 2 is 1.68 bits per heavy atom. The molecule has 0 saturated heterocycles. The van der Waals surface area contributed by atoms with E-state index in [1.165, 1.54) is 0 Å². The molecule has 0 aliphatic rings. The summed E-state index contributed by atoms with van der Waals surface area (Å²) in [6.45, 7) is 11.3. The summed E-state index contributed by atoms with van der Waals surface area (Å²) in [7, 11) is -1.92. The molecule has 0 aliphatic carbocycles. The Labute approximate surface area is 143 Å². The third-order valence-corrected chi connectivity index (χ3v) is 9.52. The van der Waals surface area contributed by atoms with Gasteiger partial charge in [0, 0.05) is 10.7 Å². The molecule has 0 amide bonds. The van der Waals surface area contributed by atoms with E-state index in [1.807, 2.05) is 36.5 Å². The molecule has 0 radical (unpaired) electrons. The molecule has 2 rings (SSSR count). The number of pyridine rings is 1. The highest BCUT2D eigenvalue weighted by atomic mass is 79.9. The molecule has 2 nitrogen and oxygen atoms in total. The van der Waals surface area contributed by atoms with Crippen LogP contribution in [0.2, 0.25) is 18.1 Å². The molecule has 4 heteroatoms. The van der Waals surface area contributed by atoms with Gasteiger partial charge in [-0.1, -0.05) is 61.0 Å². The molecule has 118 valence electrons. The standard InChI is InChI=1S/C18H24BrNOSi/c1-18(2,3)22(4,5)21-17(16-12-8-9-13-20-16)14-10-6-7-11-15(14)19/h6-13,17H,1-5H3. The largest absolute Gasteiger partial charge is 0.404 e. The van der Waals surface area contributed by atoms with Gasteiger partial charge in [-0.25, -0.2) is 0 Å². The van der Waals surface area contributed by atoms with Gasteiger partial charge in [-0.2, -0.15) is 0 Å². The third kappa shape index (κ3) is 3.86. The molecule has 0 fully saturated rings. The van der Waals surface area contributed by atoms with Crippen LogP contribution in [0.3, 0.4) is 0 Å². The van der Waals surface area contributed by atoms with Gasteiger partial charge in [0.2, 0.25) is 0 Å². The van der Waals surface area contributed by atoms with Crippen molar-refractivity contribution in [2.45, 2.75) is 45.0 Å². The second-order valence-electron chi connectivity index (χ2n) is 7.03. The highest BCUT2D eigenvalue weighted by molar-refractivity contribution is 9.10. The number of nitrogens with zero attached hydrogens (tertiary/aromatic N) is 1. The van der Waals surface area contributed by atoms with Crippen LogP contribution in [0, 0.1) is 0 Å². The molecule has 0 spiro atoms. The summed E-state index contributed by atoms with van der Waals surface area (Å²) < 4.78 is 7.76. The van der Waals surface area contributed by atoms with E-state index in [4.69, 9.17) is 4.43 Å². The summed E-state index contributed by atoms with van der Waals surface area (Å²) in [6, 6.07) is 14.2. The molecular formula is C18H24BrNOSi. The first-order valence-corrected chi connectivity index (χ1v) is 11.3. The van der Waals surface area contributed by atoms with Crippen molar-refractivity contribution in [1.29, 1.82) is 0 Å². The van der Waals surface area contributed by atoms with Crippen LogP contribution in [0.1, 0.15) is 38.1 Å². The van der Waals surface area contributed by atoms with Gasteiger partial charge < -0.3 is 4.43 Å². The lowest BCUT2D eigenvalue weighted by Crippen LogP contribution is -2.42. The maximum absolute atomic E-state index is 6.70. The molecule has 1 atom stereocenters. The Hall–Kier alpha value is -0.973. The average Bonchev–Trinajstić information content (AvgIpc) is 2.45. The summed E-state index contributed by atoms with van der Waals surface area (Å²) in [5, 5.41) is 0.154. The maximum atomic E-state index is 6.70. The summed E-state index contributed by atoms with van der Waals surface area (Å²) in [4.78, 5) is 4.54. The second-order valence-corrected chi connectivity index (χ2v) is 12.6. The summed E-state index contributed by atoms with van der Waals surface area (Å²) >= 11 is 3.66. The first-order chi connectivity index (χ1) is 10.2. The molecule has 1 unspecified atom stereocenters. The fraction of sp³-hybridized carbons (Fsp3) is 0.389. The van der Waals surface area contributed by atoms with E-state index < -0.39 is 8.32 Å². The molecular weight excluding hydrogens is 354 g/mol. The first-order valence-electron chi connectivity index (χ1n) is 7.55. The number of rotatable bonds is 4. The second kappa shape index (κ2) is 6.65. The third-order valence-electron chi connectivity index (χ3n) is 4.36. The van der Waals surface area contributed by atoms with Gasteiger partial charge in [-0.15, -0.1) is 0 Å². The van der Waals surface area contributed by atoms with Crippen LogP contribution in [-0.4, -0.2) is 13.3 Å². The normalized spacial score (nSPS) is 13.9. The van der Waals surface area contributed by atoms with E-state index in [1.54, 1.807) is 0 Å². The maximum Gasteiger partial charge on any atom is 0.193 e. The quantitative estimate of drug-likeness (QED) is 0.613. The fourth-order valence-corrected chi connectivity index (χ4v) is 3.66. The molecule has 0 aliphatic heterocycles. The van der Waals surface area contributed by atoms with Crippen molar-refractivity contribution in [2.75, 3.05) is 0 Å². The van der Waals surface area contributed by atoms with Crippen LogP contribution in [0.4, 0.5) is 0 Å². The Morgan fingerprint density at radius 1 is 1.05 bits per heavy atom. The molecule has 0 bridgehead atoms. The highest BCUT2D eigenvalue weighted by Gasteiger charge is 2.40. The Morgan fingerprint density at radius 3 is 2.23 bits per heavy atom. The van der Waals surface area contributed by atoms with Crippen molar-refractivity contribution in [2.24, 2.45) is 0 Å². The van der Waals surface area contributed by atoms with Crippen molar-refractivity contribution >= 4 is 24.2 Å². The number of hydrogen-bond donors (Lipinski definition) is 0. The number of hydrogen-bond acceptors (Lipinski definition) is 2. The molecule has 22 heavy (non-hydrogen) atoms. The summed E-state index contributed by atoms with van der Waals surface area (Å²) in [6.07, 6.45) is 1.69. The molecule has 1 aromatic carbocycles. The zero-order valence-electron chi connectivity index (χ0n) is 13.9. The van der Waals surface area contributed by atoms with E-state index in [9.17, 15) is 0 Å². The van der Waals surface area contributed by atoms with Crippen molar-refractivity contribution in [3.8, 4) is 0 Å². The zero-order valence-corrected chi connectivity index (χ0v) is 16.5. The minimum absolute atomic E-state index is 0.141. The van der Waals surface area contributed by atoms with Crippen LogP contribution in [0.5, 0.6) is 0 Å². The van der Waals surface area contributed by atoms with Gasteiger partial charge in [0.1, 0.15) is 6.10 Å². The van der Waals surface area contributed by atoms with Crippen LogP contribution in [0.15, 0.2) is 53.1 Å². The zero-order chi connectivity index (χ0) is 16.4. The van der Waals surface area contributed by atoms with Crippen LogP contribution in [-0.2, 0) is 4.43 Å². The summed E-state index contributed by atoms with van der Waals surface area (Å²) in [5.74, 6) is 0. The predicted molar refractivity (Wildman–Crippen MR) is 98.5 cm³/mol. The molecule has 0 N–H and O–H groups in total. The number of halogens is 1. The monoisotopic (exact) mass is 377 g/mol. The Kier molecular flexibility index (Phi) is 5.25. The van der Waals surface area contributed by atoms with Crippen LogP contribution in [0.25, 0.3) is 0 Å². The van der Waals surface area contributed by atoms with E-state index >= 15 is 0 Å². The van der Waals surface area contributed by atoms with E-state index in [0.29, 0.717) is 0 Å². The van der Waals surface area contributed by atoms with E-state index in [0.717, 1.165) is 15.7 Å². The lowest BCUT2D eigenvalue weighted by molar-refractivity contribution is 0.217. The van der Waals surface area contributed by atoms with Gasteiger partial charge >= 0.3 is 0 Å². The topological polar surface area (TPSA) is 22.1 Å². The average molecular weight is 378 g/mol. The molecule has 0 saturated carbocycles. The SMILES string of the molecule is CC(C)(C)[Si](C)(C)OC(c1ccccn1)c1ccccc1Br. The minimum atomic E-state index is -1.92. The number of aromatic nitrogens is 1. The first kappa shape index (κ1) is 17.4. The highest BCUT2D eigenvalue weighted by Crippen LogP contribution is 2.42. The van der Waals surface area contributed by atoms with Crippen molar-refractivity contribution < 1.29 is 4.43 Å². The number of benzene rings is 1. The Balaban J connectivity index is 2.46. The van der Waals surface area contributed by atoms with Gasteiger partial charge in [0.05, 0.1) is 5.69 Å². The van der Waals surface area contributed by atoms with Crippen LogP contribution < -0.4 is 0 Å². The fourth-order valence-electron chi connectivity index (χ4n) is 1.97. The Bertz CT molecular complexity index is 622. The van der Waals surface area contributed by atoms with Gasteiger partial charge in [-0.05, 0) is 41.9 Å². The van der Waals surface area contributed by atoms with Crippen LogP contribution >= 0.6 is 15.9 Å². The molecule has 2 aromatic rings. The minimum Gasteiger partial charge on any atom is -0.404 e. The lowest BCUT2D eigenvalue weighted by Gasteiger charge is -2.39. The molecule has 1 heterocycles. The van der Waals surface area contributed by atoms with Gasteiger partial charge in [-0.3, -0.25) is 4.98 Å². The smallest absolute Gasteiger partial charge is 0.193 e. The lowest BCUT2D eigenvalue weighted by atomic mass is 10.1. The van der Waals surface area contributed by atoms with Gasteiger partial charge in [0.15, 0.2) is 8.32 Å². The van der Waals surface area contributed by atoms with E-state index in [-0.39, 0.29) is 11.1 Å².